The molecule has 1 aliphatic heterocycles. The molecule has 0 aromatic rings. The summed E-state index contributed by atoms with van der Waals surface area (Å²) in [6.45, 7) is 8.97. The SMILES string of the molecule is CC(C)(C)C(N)C1COCCN1. The van der Waals surface area contributed by atoms with Crippen molar-refractivity contribution in [3.63, 3.8) is 0 Å². The van der Waals surface area contributed by atoms with E-state index in [-0.39, 0.29) is 11.5 Å². The van der Waals surface area contributed by atoms with Gasteiger partial charge in [0.2, 0.25) is 0 Å². The van der Waals surface area contributed by atoms with Crippen LogP contribution < -0.4 is 11.1 Å². The van der Waals surface area contributed by atoms with E-state index >= 15 is 0 Å². The highest BCUT2D eigenvalue weighted by Gasteiger charge is 2.29. The van der Waals surface area contributed by atoms with Gasteiger partial charge >= 0.3 is 0 Å². The molecule has 0 aromatic heterocycles. The molecule has 1 fully saturated rings. The summed E-state index contributed by atoms with van der Waals surface area (Å²) in [5.74, 6) is 0. The molecule has 0 aliphatic carbocycles. The summed E-state index contributed by atoms with van der Waals surface area (Å²) < 4.78 is 5.36. The third kappa shape index (κ3) is 2.44. The van der Waals surface area contributed by atoms with Gasteiger partial charge in [-0.3, -0.25) is 0 Å². The van der Waals surface area contributed by atoms with Crippen LogP contribution in [0, 0.1) is 5.41 Å². The van der Waals surface area contributed by atoms with Crippen LogP contribution in [0.15, 0.2) is 0 Å². The van der Waals surface area contributed by atoms with Gasteiger partial charge in [0.25, 0.3) is 0 Å². The molecule has 12 heavy (non-hydrogen) atoms. The second-order valence-corrected chi connectivity index (χ2v) is 4.53. The van der Waals surface area contributed by atoms with Crippen LogP contribution in [0.2, 0.25) is 0 Å². The van der Waals surface area contributed by atoms with Crippen molar-refractivity contribution in [3.8, 4) is 0 Å². The van der Waals surface area contributed by atoms with Crippen molar-refractivity contribution in [1.29, 1.82) is 0 Å². The van der Waals surface area contributed by atoms with E-state index in [1.54, 1.807) is 0 Å². The van der Waals surface area contributed by atoms with Crippen molar-refractivity contribution < 1.29 is 4.74 Å². The van der Waals surface area contributed by atoms with Crippen LogP contribution in [-0.2, 0) is 4.74 Å². The molecule has 0 bridgehead atoms. The van der Waals surface area contributed by atoms with Crippen molar-refractivity contribution in [1.82, 2.24) is 5.32 Å². The molecule has 2 atom stereocenters. The second-order valence-electron chi connectivity index (χ2n) is 4.53. The molecule has 0 spiro atoms. The molecule has 1 saturated heterocycles. The summed E-state index contributed by atoms with van der Waals surface area (Å²) in [5, 5.41) is 3.38. The third-order valence-electron chi connectivity index (χ3n) is 2.38. The quantitative estimate of drug-likeness (QED) is 0.600. The first-order valence-electron chi connectivity index (χ1n) is 4.58. The van der Waals surface area contributed by atoms with E-state index in [4.69, 9.17) is 10.5 Å². The Labute approximate surface area is 74.7 Å². The Bertz CT molecular complexity index is 136. The van der Waals surface area contributed by atoms with Gasteiger partial charge in [0, 0.05) is 18.6 Å². The summed E-state index contributed by atoms with van der Waals surface area (Å²) in [6, 6.07) is 0.483. The van der Waals surface area contributed by atoms with Crippen LogP contribution in [0.1, 0.15) is 20.8 Å². The number of hydrogen-bond acceptors (Lipinski definition) is 3. The van der Waals surface area contributed by atoms with Crippen molar-refractivity contribution >= 4 is 0 Å². The second kappa shape index (κ2) is 3.73. The number of nitrogens with two attached hydrogens (primary N) is 1. The Morgan fingerprint density at radius 1 is 1.50 bits per heavy atom. The lowest BCUT2D eigenvalue weighted by molar-refractivity contribution is 0.0528. The summed E-state index contributed by atoms with van der Waals surface area (Å²) >= 11 is 0. The molecule has 0 amide bonds. The van der Waals surface area contributed by atoms with E-state index in [9.17, 15) is 0 Å². The van der Waals surface area contributed by atoms with Gasteiger partial charge in [-0.15, -0.1) is 0 Å². The van der Waals surface area contributed by atoms with E-state index in [1.165, 1.54) is 0 Å². The Morgan fingerprint density at radius 3 is 2.58 bits per heavy atom. The molecule has 2 unspecified atom stereocenters. The molecule has 0 saturated carbocycles. The Kier molecular flexibility index (Phi) is 3.09. The number of nitrogens with one attached hydrogen (secondary N) is 1. The molecule has 0 radical (unpaired) electrons. The monoisotopic (exact) mass is 172 g/mol. The van der Waals surface area contributed by atoms with E-state index in [1.807, 2.05) is 0 Å². The maximum Gasteiger partial charge on any atom is 0.0635 e. The first kappa shape index (κ1) is 9.96. The molecular formula is C9H20N2O. The molecule has 3 nitrogen and oxygen atoms in total. The third-order valence-corrected chi connectivity index (χ3v) is 2.38. The fourth-order valence-corrected chi connectivity index (χ4v) is 1.42. The lowest BCUT2D eigenvalue weighted by Crippen LogP contribution is -2.57. The van der Waals surface area contributed by atoms with E-state index in [2.05, 4.69) is 26.1 Å². The molecule has 1 rings (SSSR count). The highest BCUT2D eigenvalue weighted by molar-refractivity contribution is 4.89. The van der Waals surface area contributed by atoms with Crippen molar-refractivity contribution in [3.05, 3.63) is 0 Å². The maximum atomic E-state index is 6.08. The average molecular weight is 172 g/mol. The van der Waals surface area contributed by atoms with Gasteiger partial charge in [0.15, 0.2) is 0 Å². The standard InChI is InChI=1S/C9H20N2O/c1-9(2,3)8(10)7-6-12-5-4-11-7/h7-8,11H,4-6,10H2,1-3H3. The van der Waals surface area contributed by atoms with Crippen LogP contribution in [0.3, 0.4) is 0 Å². The minimum Gasteiger partial charge on any atom is -0.378 e. The molecule has 3 N–H and O–H groups in total. The number of ether oxygens (including phenoxy) is 1. The largest absolute Gasteiger partial charge is 0.378 e. The Hall–Kier alpha value is -0.120. The lowest BCUT2D eigenvalue weighted by atomic mass is 9.83. The lowest BCUT2D eigenvalue weighted by Gasteiger charge is -2.36. The van der Waals surface area contributed by atoms with Gasteiger partial charge in [0.1, 0.15) is 0 Å². The zero-order valence-electron chi connectivity index (χ0n) is 8.26. The zero-order valence-corrected chi connectivity index (χ0v) is 8.26. The summed E-state index contributed by atoms with van der Waals surface area (Å²) in [7, 11) is 0. The molecule has 3 heteroatoms. The summed E-state index contributed by atoms with van der Waals surface area (Å²) in [4.78, 5) is 0. The molecule has 72 valence electrons. The minimum absolute atomic E-state index is 0.151. The minimum atomic E-state index is 0.151. The first-order valence-corrected chi connectivity index (χ1v) is 4.58. The number of rotatable bonds is 1. The zero-order chi connectivity index (χ0) is 9.19. The van der Waals surface area contributed by atoms with Crippen molar-refractivity contribution in [2.75, 3.05) is 19.8 Å². The van der Waals surface area contributed by atoms with Crippen molar-refractivity contribution in [2.24, 2.45) is 11.1 Å². The first-order chi connectivity index (χ1) is 5.52. The van der Waals surface area contributed by atoms with Gasteiger partial charge in [-0.1, -0.05) is 20.8 Å². The van der Waals surface area contributed by atoms with Gasteiger partial charge in [-0.25, -0.2) is 0 Å². The van der Waals surface area contributed by atoms with Gasteiger partial charge < -0.3 is 15.8 Å². The Balaban J connectivity index is 2.45. The molecule has 0 aromatic carbocycles. The van der Waals surface area contributed by atoms with E-state index in [0.29, 0.717) is 6.04 Å². The highest BCUT2D eigenvalue weighted by Crippen LogP contribution is 2.20. The van der Waals surface area contributed by atoms with Crippen LogP contribution in [0.5, 0.6) is 0 Å². The number of morpholine rings is 1. The van der Waals surface area contributed by atoms with Crippen LogP contribution in [0.25, 0.3) is 0 Å². The van der Waals surface area contributed by atoms with Crippen LogP contribution in [0.4, 0.5) is 0 Å². The Morgan fingerprint density at radius 2 is 2.17 bits per heavy atom. The smallest absolute Gasteiger partial charge is 0.0635 e. The van der Waals surface area contributed by atoms with Crippen LogP contribution >= 0.6 is 0 Å². The van der Waals surface area contributed by atoms with Gasteiger partial charge in [-0.05, 0) is 5.41 Å². The number of hydrogen-bond donors (Lipinski definition) is 2. The molecular weight excluding hydrogens is 152 g/mol. The van der Waals surface area contributed by atoms with Crippen molar-refractivity contribution in [2.45, 2.75) is 32.9 Å². The molecule has 1 aliphatic rings. The highest BCUT2D eigenvalue weighted by atomic mass is 16.5. The van der Waals surface area contributed by atoms with Gasteiger partial charge in [0.05, 0.1) is 13.2 Å². The fourth-order valence-electron chi connectivity index (χ4n) is 1.42. The molecule has 1 heterocycles. The topological polar surface area (TPSA) is 47.3 Å². The maximum absolute atomic E-state index is 6.08. The normalized spacial score (nSPS) is 28.5. The average Bonchev–Trinajstić information content (AvgIpc) is 2.03. The summed E-state index contributed by atoms with van der Waals surface area (Å²) in [6.07, 6.45) is 0. The summed E-state index contributed by atoms with van der Waals surface area (Å²) in [5.41, 5.74) is 6.23. The van der Waals surface area contributed by atoms with E-state index < -0.39 is 0 Å². The fraction of sp³-hybridized carbons (Fsp3) is 1.00. The predicted molar refractivity (Wildman–Crippen MR) is 50.0 cm³/mol. The van der Waals surface area contributed by atoms with Crippen LogP contribution in [-0.4, -0.2) is 31.8 Å². The predicted octanol–water partition coefficient (Wildman–Crippen LogP) is 0.348. The van der Waals surface area contributed by atoms with E-state index in [0.717, 1.165) is 19.8 Å². The van der Waals surface area contributed by atoms with Gasteiger partial charge in [-0.2, -0.15) is 0 Å².